The molecule has 0 saturated heterocycles. The van der Waals surface area contributed by atoms with Gasteiger partial charge in [-0.25, -0.2) is 4.68 Å². The fourth-order valence-corrected chi connectivity index (χ4v) is 2.15. The molecule has 0 saturated carbocycles. The number of aromatic nitrogens is 2. The van der Waals surface area contributed by atoms with Crippen LogP contribution in [0.5, 0.6) is 0 Å². The van der Waals surface area contributed by atoms with E-state index in [1.807, 2.05) is 13.8 Å². The Morgan fingerprint density at radius 2 is 2.05 bits per heavy atom. The molecule has 1 N–H and O–H groups in total. The average Bonchev–Trinajstić information content (AvgIpc) is 2.36. The zero-order valence-electron chi connectivity index (χ0n) is 12.5. The van der Waals surface area contributed by atoms with Crippen LogP contribution in [0.1, 0.15) is 20.8 Å². The largest absolute Gasteiger partial charge is 0.372 e. The van der Waals surface area contributed by atoms with Crippen molar-refractivity contribution in [2.24, 2.45) is 5.92 Å². The molecule has 0 spiro atoms. The molecular weight excluding hydrogens is 324 g/mol. The van der Waals surface area contributed by atoms with Crippen molar-refractivity contribution in [3.8, 4) is 0 Å². The summed E-state index contributed by atoms with van der Waals surface area (Å²) in [5.74, 6) is 0.267. The summed E-state index contributed by atoms with van der Waals surface area (Å²) in [5.41, 5.74) is 0.325. The van der Waals surface area contributed by atoms with Crippen molar-refractivity contribution in [2.45, 2.75) is 33.4 Å². The molecule has 1 rings (SSSR count). The van der Waals surface area contributed by atoms with Crippen molar-refractivity contribution < 1.29 is 4.79 Å². The minimum atomic E-state index is -0.427. The van der Waals surface area contributed by atoms with Gasteiger partial charge in [-0.05, 0) is 28.8 Å². The van der Waals surface area contributed by atoms with Crippen molar-refractivity contribution in [3.05, 3.63) is 21.0 Å². The zero-order chi connectivity index (χ0) is 15.4. The number of hydrogen-bond acceptors (Lipinski definition) is 4. The van der Waals surface area contributed by atoms with E-state index in [0.717, 1.165) is 0 Å². The highest BCUT2D eigenvalue weighted by atomic mass is 79.9. The van der Waals surface area contributed by atoms with E-state index in [0.29, 0.717) is 22.6 Å². The third-order valence-corrected chi connectivity index (χ3v) is 3.47. The summed E-state index contributed by atoms with van der Waals surface area (Å²) in [7, 11) is 3.38. The number of hydrogen-bond donors (Lipinski definition) is 1. The molecule has 1 aromatic heterocycles. The fourth-order valence-electron chi connectivity index (χ4n) is 1.72. The summed E-state index contributed by atoms with van der Waals surface area (Å²) in [6, 6.07) is -0.427. The molecule has 1 unspecified atom stereocenters. The van der Waals surface area contributed by atoms with Gasteiger partial charge in [-0.2, -0.15) is 5.10 Å². The van der Waals surface area contributed by atoms with Crippen LogP contribution in [0, 0.1) is 5.92 Å². The van der Waals surface area contributed by atoms with E-state index in [2.05, 4.69) is 26.3 Å². The van der Waals surface area contributed by atoms with Crippen molar-refractivity contribution in [1.82, 2.24) is 14.7 Å². The summed E-state index contributed by atoms with van der Waals surface area (Å²) in [4.78, 5) is 25.4. The molecule has 112 valence electrons. The SMILES string of the molecule is CC(C)Cn1ncc(NC(C)C(=O)N(C)C)c(Br)c1=O. The molecule has 1 atom stereocenters. The Labute approximate surface area is 127 Å². The van der Waals surface area contributed by atoms with E-state index in [-0.39, 0.29) is 11.5 Å². The highest BCUT2D eigenvalue weighted by molar-refractivity contribution is 9.10. The van der Waals surface area contributed by atoms with Gasteiger partial charge in [0.15, 0.2) is 0 Å². The van der Waals surface area contributed by atoms with Gasteiger partial charge in [0, 0.05) is 20.6 Å². The van der Waals surface area contributed by atoms with Crippen molar-refractivity contribution in [1.29, 1.82) is 0 Å². The molecule has 0 radical (unpaired) electrons. The van der Waals surface area contributed by atoms with Crippen molar-refractivity contribution >= 4 is 27.5 Å². The molecule has 7 heteroatoms. The summed E-state index contributed by atoms with van der Waals surface area (Å²) in [6.45, 7) is 6.34. The number of anilines is 1. The van der Waals surface area contributed by atoms with Gasteiger partial charge in [-0.3, -0.25) is 9.59 Å². The Kier molecular flexibility index (Phi) is 5.74. The first-order valence-corrected chi connectivity index (χ1v) is 7.26. The van der Waals surface area contributed by atoms with Crippen molar-refractivity contribution in [3.63, 3.8) is 0 Å². The minimum absolute atomic E-state index is 0.0664. The van der Waals surface area contributed by atoms with Gasteiger partial charge in [-0.1, -0.05) is 13.8 Å². The number of carbonyl (C=O) groups is 1. The molecule has 0 aliphatic carbocycles. The first kappa shape index (κ1) is 16.7. The summed E-state index contributed by atoms with van der Waals surface area (Å²) in [6.07, 6.45) is 1.56. The fraction of sp³-hybridized carbons (Fsp3) is 0.615. The zero-order valence-corrected chi connectivity index (χ0v) is 14.1. The maximum atomic E-state index is 12.1. The molecule has 0 aromatic carbocycles. The van der Waals surface area contributed by atoms with Gasteiger partial charge >= 0.3 is 0 Å². The molecule has 0 aliphatic rings. The number of nitrogens with one attached hydrogen (secondary N) is 1. The summed E-state index contributed by atoms with van der Waals surface area (Å²) in [5, 5.41) is 7.12. The predicted octanol–water partition coefficient (Wildman–Crippen LogP) is 1.55. The van der Waals surface area contributed by atoms with Gasteiger partial charge in [0.25, 0.3) is 5.56 Å². The molecule has 6 nitrogen and oxygen atoms in total. The Bertz CT molecular complexity index is 540. The van der Waals surface area contributed by atoms with Crippen LogP contribution in [-0.4, -0.2) is 40.7 Å². The lowest BCUT2D eigenvalue weighted by atomic mass is 10.2. The molecule has 0 bridgehead atoms. The first-order chi connectivity index (χ1) is 9.23. The number of amides is 1. The number of likely N-dealkylation sites (N-methyl/N-ethyl adjacent to an activating group) is 1. The normalized spacial score (nSPS) is 12.3. The average molecular weight is 345 g/mol. The molecule has 20 heavy (non-hydrogen) atoms. The number of rotatable bonds is 5. The molecule has 0 fully saturated rings. The lowest BCUT2D eigenvalue weighted by Gasteiger charge is -2.19. The molecular formula is C13H21BrN4O2. The Morgan fingerprint density at radius 1 is 1.45 bits per heavy atom. The van der Waals surface area contributed by atoms with Crippen LogP contribution < -0.4 is 10.9 Å². The van der Waals surface area contributed by atoms with Crippen LogP contribution in [0.15, 0.2) is 15.5 Å². The summed E-state index contributed by atoms with van der Waals surface area (Å²) < 4.78 is 1.81. The molecule has 1 aromatic rings. The smallest absolute Gasteiger partial charge is 0.283 e. The topological polar surface area (TPSA) is 67.2 Å². The van der Waals surface area contributed by atoms with Gasteiger partial charge in [0.2, 0.25) is 5.91 Å². The van der Waals surface area contributed by atoms with E-state index >= 15 is 0 Å². The number of nitrogens with zero attached hydrogens (tertiary/aromatic N) is 3. The maximum Gasteiger partial charge on any atom is 0.283 e. The van der Waals surface area contributed by atoms with E-state index in [1.54, 1.807) is 27.2 Å². The highest BCUT2D eigenvalue weighted by Crippen LogP contribution is 2.17. The molecule has 0 aliphatic heterocycles. The number of halogens is 1. The van der Waals surface area contributed by atoms with Crippen LogP contribution >= 0.6 is 15.9 Å². The van der Waals surface area contributed by atoms with E-state index in [1.165, 1.54) is 9.58 Å². The summed E-state index contributed by atoms with van der Waals surface area (Å²) >= 11 is 3.27. The van der Waals surface area contributed by atoms with Crippen LogP contribution in [0.4, 0.5) is 5.69 Å². The lowest BCUT2D eigenvalue weighted by Crippen LogP contribution is -2.37. The molecule has 1 amide bonds. The Morgan fingerprint density at radius 3 is 2.55 bits per heavy atom. The van der Waals surface area contributed by atoms with Crippen LogP contribution in [-0.2, 0) is 11.3 Å². The lowest BCUT2D eigenvalue weighted by molar-refractivity contribution is -0.129. The van der Waals surface area contributed by atoms with Crippen LogP contribution in [0.2, 0.25) is 0 Å². The van der Waals surface area contributed by atoms with Crippen molar-refractivity contribution in [2.75, 3.05) is 19.4 Å². The van der Waals surface area contributed by atoms with Gasteiger partial charge in [-0.15, -0.1) is 0 Å². The standard InChI is InChI=1S/C13H21BrN4O2/c1-8(2)7-18-13(20)11(14)10(6-15-18)16-9(3)12(19)17(4)5/h6,8-9,16H,7H2,1-5H3. The van der Waals surface area contributed by atoms with E-state index in [4.69, 9.17) is 0 Å². The quantitative estimate of drug-likeness (QED) is 0.879. The van der Waals surface area contributed by atoms with Crippen LogP contribution in [0.3, 0.4) is 0 Å². The number of carbonyl (C=O) groups excluding carboxylic acids is 1. The van der Waals surface area contributed by atoms with Gasteiger partial charge in [0.1, 0.15) is 10.5 Å². The minimum Gasteiger partial charge on any atom is -0.372 e. The monoisotopic (exact) mass is 344 g/mol. The maximum absolute atomic E-state index is 12.1. The Balaban J connectivity index is 2.96. The second kappa shape index (κ2) is 6.88. The van der Waals surface area contributed by atoms with Gasteiger partial charge in [0.05, 0.1) is 11.9 Å². The predicted molar refractivity (Wildman–Crippen MR) is 82.8 cm³/mol. The van der Waals surface area contributed by atoms with Gasteiger partial charge < -0.3 is 10.2 Å². The van der Waals surface area contributed by atoms with E-state index in [9.17, 15) is 9.59 Å². The highest BCUT2D eigenvalue weighted by Gasteiger charge is 2.17. The first-order valence-electron chi connectivity index (χ1n) is 6.47. The van der Waals surface area contributed by atoms with E-state index < -0.39 is 6.04 Å². The third-order valence-electron chi connectivity index (χ3n) is 2.71. The Hall–Kier alpha value is -1.37. The van der Waals surface area contributed by atoms with Crippen LogP contribution in [0.25, 0.3) is 0 Å². The second-order valence-corrected chi connectivity index (χ2v) is 6.15. The molecule has 1 heterocycles. The third kappa shape index (κ3) is 4.06. The second-order valence-electron chi connectivity index (χ2n) is 5.35.